The van der Waals surface area contributed by atoms with Crippen molar-refractivity contribution in [3.8, 4) is 45.3 Å². The van der Waals surface area contributed by atoms with E-state index in [-0.39, 0.29) is 22.3 Å². The second-order valence-electron chi connectivity index (χ2n) is 16.9. The van der Waals surface area contributed by atoms with Gasteiger partial charge >= 0.3 is 0 Å². The molecule has 0 atom stereocenters. The van der Waals surface area contributed by atoms with Crippen LogP contribution in [0.3, 0.4) is 0 Å². The molecule has 0 heterocycles. The Morgan fingerprint density at radius 3 is 0.907 bits per heavy atom. The van der Waals surface area contributed by atoms with Gasteiger partial charge in [0.1, 0.15) is 23.0 Å². The van der Waals surface area contributed by atoms with Crippen LogP contribution in [0.2, 0.25) is 0 Å². The Morgan fingerprint density at radius 1 is 0.389 bits per heavy atom. The summed E-state index contributed by atoms with van der Waals surface area (Å²) in [6.07, 6.45) is 1.85. The number of aromatic hydroxyl groups is 2. The fraction of sp³-hybridized carbons (Fsp3) is 0.280. The first-order valence-electron chi connectivity index (χ1n) is 18.9. The summed E-state index contributed by atoms with van der Waals surface area (Å²) in [5.41, 5.74) is 13.6. The molecule has 7 rings (SSSR count). The van der Waals surface area contributed by atoms with E-state index in [1.807, 2.05) is 12.1 Å². The lowest BCUT2D eigenvalue weighted by atomic mass is 9.81. The van der Waals surface area contributed by atoms with E-state index in [1.165, 1.54) is 11.1 Å². The van der Waals surface area contributed by atoms with E-state index in [1.54, 1.807) is 14.2 Å². The summed E-state index contributed by atoms with van der Waals surface area (Å²) in [6, 6.07) is 38.1. The first-order chi connectivity index (χ1) is 25.7. The highest BCUT2D eigenvalue weighted by Gasteiger charge is 2.26. The average molecular weight is 717 g/mol. The van der Waals surface area contributed by atoms with Gasteiger partial charge in [-0.3, -0.25) is 0 Å². The molecule has 0 aliphatic heterocycles. The van der Waals surface area contributed by atoms with Crippen LogP contribution < -0.4 is 9.47 Å². The molecule has 0 amide bonds. The maximum atomic E-state index is 12.2. The van der Waals surface area contributed by atoms with Crippen molar-refractivity contribution in [1.82, 2.24) is 0 Å². The van der Waals surface area contributed by atoms with Gasteiger partial charge in [-0.1, -0.05) is 126 Å². The third-order valence-electron chi connectivity index (χ3n) is 10.9. The van der Waals surface area contributed by atoms with E-state index in [2.05, 4.69) is 139 Å². The van der Waals surface area contributed by atoms with Crippen LogP contribution in [0.5, 0.6) is 23.0 Å². The number of phenolic OH excluding ortho intramolecular Hbond substituents is 2. The smallest absolute Gasteiger partial charge is 0.125 e. The Balaban J connectivity index is 1.56. The van der Waals surface area contributed by atoms with E-state index in [0.29, 0.717) is 25.7 Å². The van der Waals surface area contributed by atoms with Crippen molar-refractivity contribution in [3.63, 3.8) is 0 Å². The molecule has 4 heteroatoms. The van der Waals surface area contributed by atoms with Gasteiger partial charge in [0.05, 0.1) is 14.2 Å². The predicted molar refractivity (Wildman–Crippen MR) is 222 cm³/mol. The number of benzene rings is 6. The zero-order valence-corrected chi connectivity index (χ0v) is 32.9. The molecule has 0 aromatic heterocycles. The van der Waals surface area contributed by atoms with E-state index >= 15 is 0 Å². The van der Waals surface area contributed by atoms with Crippen LogP contribution in [0.1, 0.15) is 97.2 Å². The molecular formula is C50H52O4. The molecule has 1 aliphatic rings. The number of hydrogen-bond acceptors (Lipinski definition) is 4. The van der Waals surface area contributed by atoms with Crippen LogP contribution >= 0.6 is 0 Å². The lowest BCUT2D eigenvalue weighted by molar-refractivity contribution is 0.403. The third kappa shape index (κ3) is 7.35. The van der Waals surface area contributed by atoms with Gasteiger partial charge in [0.15, 0.2) is 0 Å². The highest BCUT2D eigenvalue weighted by molar-refractivity contribution is 5.71. The molecule has 0 radical (unpaired) electrons. The van der Waals surface area contributed by atoms with E-state index in [9.17, 15) is 10.2 Å². The minimum atomic E-state index is -0.154. The van der Waals surface area contributed by atoms with Crippen molar-refractivity contribution in [2.45, 2.75) is 78.1 Å². The van der Waals surface area contributed by atoms with Crippen molar-refractivity contribution >= 4 is 0 Å². The van der Waals surface area contributed by atoms with Gasteiger partial charge in [0.2, 0.25) is 0 Å². The number of rotatable bonds is 4. The maximum absolute atomic E-state index is 12.2. The van der Waals surface area contributed by atoms with Crippen LogP contribution in [-0.2, 0) is 36.5 Å². The molecule has 8 bridgehead atoms. The summed E-state index contributed by atoms with van der Waals surface area (Å²) < 4.78 is 12.5. The highest BCUT2D eigenvalue weighted by atomic mass is 16.5. The third-order valence-corrected chi connectivity index (χ3v) is 10.9. The Hall–Kier alpha value is -5.48. The number of phenols is 2. The summed E-state index contributed by atoms with van der Waals surface area (Å²) in [4.78, 5) is 0. The Bertz CT molecular complexity index is 2060. The molecule has 4 nitrogen and oxygen atoms in total. The van der Waals surface area contributed by atoms with Crippen molar-refractivity contribution in [1.29, 1.82) is 0 Å². The lowest BCUT2D eigenvalue weighted by Crippen LogP contribution is -2.14. The van der Waals surface area contributed by atoms with Gasteiger partial charge in [0, 0.05) is 25.7 Å². The van der Waals surface area contributed by atoms with E-state index in [0.717, 1.165) is 78.3 Å². The van der Waals surface area contributed by atoms with Crippen LogP contribution in [-0.4, -0.2) is 24.4 Å². The van der Waals surface area contributed by atoms with Crippen molar-refractivity contribution in [2.24, 2.45) is 0 Å². The fourth-order valence-corrected chi connectivity index (χ4v) is 7.90. The summed E-state index contributed by atoms with van der Waals surface area (Å²) in [6.45, 7) is 13.3. The minimum absolute atomic E-state index is 0.154. The Kier molecular flexibility index (Phi) is 9.83. The normalized spacial score (nSPS) is 13.0. The van der Waals surface area contributed by atoms with Gasteiger partial charge in [-0.15, -0.1) is 0 Å². The molecule has 0 spiro atoms. The van der Waals surface area contributed by atoms with Crippen LogP contribution in [0.4, 0.5) is 0 Å². The molecule has 1 aliphatic carbocycles. The first-order valence-corrected chi connectivity index (χ1v) is 18.9. The van der Waals surface area contributed by atoms with Gasteiger partial charge < -0.3 is 19.7 Å². The molecular weight excluding hydrogens is 665 g/mol. The molecule has 276 valence electrons. The lowest BCUT2D eigenvalue weighted by Gasteiger charge is -2.26. The zero-order valence-electron chi connectivity index (χ0n) is 32.9. The van der Waals surface area contributed by atoms with Gasteiger partial charge in [0.25, 0.3) is 0 Å². The second-order valence-corrected chi connectivity index (χ2v) is 16.9. The van der Waals surface area contributed by atoms with Crippen molar-refractivity contribution < 1.29 is 19.7 Å². The first kappa shape index (κ1) is 36.9. The van der Waals surface area contributed by atoms with Crippen molar-refractivity contribution in [3.05, 3.63) is 165 Å². The van der Waals surface area contributed by atoms with Gasteiger partial charge in [-0.05, 0) is 113 Å². The largest absolute Gasteiger partial charge is 0.507 e. The van der Waals surface area contributed by atoms with E-state index in [4.69, 9.17) is 9.47 Å². The molecule has 6 aromatic carbocycles. The summed E-state index contributed by atoms with van der Waals surface area (Å²) >= 11 is 0. The summed E-state index contributed by atoms with van der Waals surface area (Å²) in [5.74, 6) is 2.11. The van der Waals surface area contributed by atoms with Crippen molar-refractivity contribution in [2.75, 3.05) is 14.2 Å². The number of methoxy groups -OCH3 is 2. The highest BCUT2D eigenvalue weighted by Crippen LogP contribution is 2.43. The predicted octanol–water partition coefficient (Wildman–Crippen LogP) is 11.7. The zero-order chi connectivity index (χ0) is 38.4. The van der Waals surface area contributed by atoms with Crippen LogP contribution in [0, 0.1) is 0 Å². The summed E-state index contributed by atoms with van der Waals surface area (Å²) in [7, 11) is 3.45. The quantitative estimate of drug-likeness (QED) is 0.190. The topological polar surface area (TPSA) is 58.9 Å². The maximum Gasteiger partial charge on any atom is 0.125 e. The van der Waals surface area contributed by atoms with E-state index < -0.39 is 0 Å². The standard InChI is InChI=1S/C50H52O4/c1-49(2,3)43-27-39-23-35-19-33(31-15-11-9-12-16-31)21-37(45(35)51)25-41-29-44(50(4,5)6)30-42(48(41)54-8)26-38-22-34(32-17-13-10-14-18-32)20-36(46(38)52)24-40(28-43)47(39)53-7/h9-22,27-30,51-52H,23-26H2,1-8H3. The molecule has 0 saturated heterocycles. The molecule has 54 heavy (non-hydrogen) atoms. The summed E-state index contributed by atoms with van der Waals surface area (Å²) in [5, 5.41) is 24.5. The van der Waals surface area contributed by atoms with Crippen LogP contribution in [0.25, 0.3) is 22.3 Å². The number of hydrogen-bond donors (Lipinski definition) is 2. The molecule has 0 fully saturated rings. The molecule has 6 aromatic rings. The number of ether oxygens (including phenoxy) is 2. The SMILES string of the molecule is COc1c2cc(C(C)(C)C)cc1Cc1cc(-c3ccccc3)cc(c1O)Cc1cc(C(C)(C)C)cc(c1OC)Cc1cc(-c3ccccc3)cc(c1O)C2. The number of fused-ring (bicyclic) bond motifs is 8. The molecule has 2 N–H and O–H groups in total. The second kappa shape index (κ2) is 14.4. The van der Waals surface area contributed by atoms with Gasteiger partial charge in [-0.2, -0.15) is 0 Å². The molecule has 0 saturated carbocycles. The Labute approximate surface area is 321 Å². The monoisotopic (exact) mass is 716 g/mol. The van der Waals surface area contributed by atoms with Gasteiger partial charge in [-0.25, -0.2) is 0 Å². The van der Waals surface area contributed by atoms with Crippen LogP contribution in [0.15, 0.2) is 109 Å². The molecule has 0 unspecified atom stereocenters. The Morgan fingerprint density at radius 2 is 0.667 bits per heavy atom. The fourth-order valence-electron chi connectivity index (χ4n) is 7.90. The average Bonchev–Trinajstić information content (AvgIpc) is 3.14. The minimum Gasteiger partial charge on any atom is -0.507 e.